The number of hydrogen-bond donors (Lipinski definition) is 0. The first-order valence-electron chi connectivity index (χ1n) is 15.8. The molecule has 0 bridgehead atoms. The van der Waals surface area contributed by atoms with Gasteiger partial charge in [-0.1, -0.05) is 152 Å². The predicted molar refractivity (Wildman–Crippen MR) is 198 cm³/mol. The van der Waals surface area contributed by atoms with E-state index in [-0.39, 0.29) is 0 Å². The largest absolute Gasteiger partial charge is 0.309 e. The van der Waals surface area contributed by atoms with Crippen molar-refractivity contribution in [2.45, 2.75) is 0 Å². The van der Waals surface area contributed by atoms with Gasteiger partial charge >= 0.3 is 0 Å². The average molecular weight is 621 g/mol. The van der Waals surface area contributed by atoms with E-state index in [0.717, 1.165) is 65.6 Å². The maximum Gasteiger partial charge on any atom is 0.171 e. The smallest absolute Gasteiger partial charge is 0.171 e. The van der Waals surface area contributed by atoms with Crippen LogP contribution in [0.15, 0.2) is 176 Å². The molecule has 3 nitrogen and oxygen atoms in total. The summed E-state index contributed by atoms with van der Waals surface area (Å²) in [5.74, 6) is 0. The molecule has 0 fully saturated rings. The molecule has 4 heteroatoms. The number of pyridine rings is 1. The van der Waals surface area contributed by atoms with Crippen LogP contribution in [0, 0.1) is 0 Å². The lowest BCUT2D eigenvalue weighted by Gasteiger charge is -2.20. The zero-order valence-electron chi connectivity index (χ0n) is 25.5. The van der Waals surface area contributed by atoms with Crippen molar-refractivity contribution in [3.05, 3.63) is 176 Å². The zero-order chi connectivity index (χ0) is 31.4. The minimum atomic E-state index is -3.10. The van der Waals surface area contributed by atoms with E-state index < -0.39 is 7.14 Å². The van der Waals surface area contributed by atoms with Crippen LogP contribution in [0.2, 0.25) is 0 Å². The number of rotatable bonds is 5. The Hall–Kier alpha value is -5.76. The number of para-hydroxylation sites is 2. The molecular formula is C43H29N2OP. The van der Waals surface area contributed by atoms with Crippen molar-refractivity contribution in [1.29, 1.82) is 0 Å². The fraction of sp³-hybridized carbons (Fsp3) is 0. The van der Waals surface area contributed by atoms with Gasteiger partial charge in [0.1, 0.15) is 0 Å². The van der Waals surface area contributed by atoms with E-state index >= 15 is 4.57 Å². The number of nitrogens with zero attached hydrogens (tertiary/aromatic N) is 2. The molecule has 2 heterocycles. The van der Waals surface area contributed by atoms with E-state index in [4.69, 9.17) is 4.98 Å². The number of benzene rings is 7. The Morgan fingerprint density at radius 1 is 0.489 bits per heavy atom. The van der Waals surface area contributed by atoms with Crippen molar-refractivity contribution in [3.8, 4) is 16.9 Å². The Kier molecular flexibility index (Phi) is 6.41. The van der Waals surface area contributed by atoms with Crippen LogP contribution in [-0.4, -0.2) is 9.55 Å². The van der Waals surface area contributed by atoms with Crippen LogP contribution in [0.25, 0.3) is 60.4 Å². The van der Waals surface area contributed by atoms with Crippen LogP contribution >= 0.6 is 7.14 Å². The van der Waals surface area contributed by atoms with Crippen LogP contribution in [0.1, 0.15) is 0 Å². The summed E-state index contributed by atoms with van der Waals surface area (Å²) in [6.07, 6.45) is 0. The highest BCUT2D eigenvalue weighted by atomic mass is 31.2. The summed E-state index contributed by atoms with van der Waals surface area (Å²) in [6.45, 7) is 0. The van der Waals surface area contributed by atoms with E-state index in [1.54, 1.807) is 0 Å². The van der Waals surface area contributed by atoms with Crippen LogP contribution in [-0.2, 0) is 4.57 Å². The van der Waals surface area contributed by atoms with Gasteiger partial charge in [-0.15, -0.1) is 0 Å². The summed E-state index contributed by atoms with van der Waals surface area (Å²) in [4.78, 5) is 5.31. The third-order valence-corrected chi connectivity index (χ3v) is 12.3. The molecule has 0 unspecified atom stereocenters. The number of aromatic nitrogens is 2. The van der Waals surface area contributed by atoms with Crippen LogP contribution in [0.3, 0.4) is 0 Å². The van der Waals surface area contributed by atoms with Crippen LogP contribution in [0.4, 0.5) is 0 Å². The standard InChI is InChI=1S/C43H29N2OP/c46-47(34-15-3-1-4-16-34,35-17-5-2-6-18-35)36-27-24-31(25-28-36)42-41-38-20-10-12-22-40(38)45(43(41)37-19-9-11-21-39(37)44-42)33-26-23-30-13-7-8-14-32(30)29-33/h1-29H. The number of fused-ring (bicyclic) bond motifs is 6. The summed E-state index contributed by atoms with van der Waals surface area (Å²) >= 11 is 0. The Morgan fingerprint density at radius 2 is 1.06 bits per heavy atom. The van der Waals surface area contributed by atoms with Gasteiger partial charge in [-0.25, -0.2) is 4.98 Å². The monoisotopic (exact) mass is 620 g/mol. The highest BCUT2D eigenvalue weighted by Crippen LogP contribution is 2.44. The molecule has 222 valence electrons. The summed E-state index contributed by atoms with van der Waals surface area (Å²) in [5, 5.41) is 8.21. The van der Waals surface area contributed by atoms with E-state index in [9.17, 15) is 0 Å². The van der Waals surface area contributed by atoms with Crippen molar-refractivity contribution in [2.75, 3.05) is 0 Å². The van der Waals surface area contributed by atoms with Gasteiger partial charge in [-0.05, 0) is 35.0 Å². The third kappa shape index (κ3) is 4.35. The van der Waals surface area contributed by atoms with Gasteiger partial charge < -0.3 is 9.13 Å². The Balaban J connectivity index is 1.31. The molecule has 9 rings (SSSR count). The van der Waals surface area contributed by atoms with E-state index in [1.807, 2.05) is 78.9 Å². The molecule has 0 aliphatic rings. The molecule has 0 saturated heterocycles. The predicted octanol–water partition coefficient (Wildman–Crippen LogP) is 9.79. The number of hydrogen-bond acceptors (Lipinski definition) is 2. The van der Waals surface area contributed by atoms with Crippen molar-refractivity contribution >= 4 is 66.5 Å². The van der Waals surface area contributed by atoms with E-state index in [1.165, 1.54) is 10.8 Å². The maximum atomic E-state index is 15.1. The summed E-state index contributed by atoms with van der Waals surface area (Å²) in [5.41, 5.74) is 6.20. The lowest BCUT2D eigenvalue weighted by molar-refractivity contribution is 0.592. The molecule has 0 saturated carbocycles. The van der Waals surface area contributed by atoms with Gasteiger partial charge in [0.2, 0.25) is 0 Å². The molecular weight excluding hydrogens is 591 g/mol. The highest BCUT2D eigenvalue weighted by Gasteiger charge is 2.30. The molecule has 0 N–H and O–H groups in total. The van der Waals surface area contributed by atoms with Gasteiger partial charge in [0, 0.05) is 43.3 Å². The van der Waals surface area contributed by atoms with E-state index in [2.05, 4.69) is 102 Å². The molecule has 7 aromatic carbocycles. The van der Waals surface area contributed by atoms with Crippen molar-refractivity contribution < 1.29 is 4.57 Å². The average Bonchev–Trinajstić information content (AvgIpc) is 3.50. The molecule has 0 radical (unpaired) electrons. The summed E-state index contributed by atoms with van der Waals surface area (Å²) < 4.78 is 17.4. The molecule has 0 aliphatic heterocycles. The molecule has 9 aromatic rings. The first-order chi connectivity index (χ1) is 23.2. The Labute approximate surface area is 272 Å². The van der Waals surface area contributed by atoms with Gasteiger partial charge in [0.25, 0.3) is 0 Å². The third-order valence-electron chi connectivity index (χ3n) is 9.24. The van der Waals surface area contributed by atoms with Crippen molar-refractivity contribution in [3.63, 3.8) is 0 Å². The normalized spacial score (nSPS) is 11.9. The minimum absolute atomic E-state index is 0.800. The van der Waals surface area contributed by atoms with Gasteiger partial charge in [-0.2, -0.15) is 0 Å². The lowest BCUT2D eigenvalue weighted by Crippen LogP contribution is -2.24. The fourth-order valence-corrected chi connectivity index (χ4v) is 9.67. The molecule has 0 amide bonds. The SMILES string of the molecule is O=P(c1ccccc1)(c1ccccc1)c1ccc(-c2nc3ccccc3c3c2c2ccccc2n3-c2ccc3ccccc3c2)cc1. The Morgan fingerprint density at radius 3 is 1.79 bits per heavy atom. The Bertz CT molecular complexity index is 2600. The fourth-order valence-electron chi connectivity index (χ4n) is 7.03. The molecule has 2 aromatic heterocycles. The van der Waals surface area contributed by atoms with Gasteiger partial charge in [0.05, 0.1) is 22.2 Å². The second-order valence-corrected chi connectivity index (χ2v) is 14.7. The molecule has 0 spiro atoms. The molecule has 47 heavy (non-hydrogen) atoms. The van der Waals surface area contributed by atoms with Crippen LogP contribution < -0.4 is 15.9 Å². The zero-order valence-corrected chi connectivity index (χ0v) is 26.4. The first-order valence-corrected chi connectivity index (χ1v) is 17.5. The van der Waals surface area contributed by atoms with Gasteiger partial charge in [-0.3, -0.25) is 0 Å². The van der Waals surface area contributed by atoms with Gasteiger partial charge in [0.15, 0.2) is 7.14 Å². The minimum Gasteiger partial charge on any atom is -0.309 e. The van der Waals surface area contributed by atoms with Crippen LogP contribution in [0.5, 0.6) is 0 Å². The second-order valence-electron chi connectivity index (χ2n) is 11.9. The van der Waals surface area contributed by atoms with Crippen molar-refractivity contribution in [1.82, 2.24) is 9.55 Å². The van der Waals surface area contributed by atoms with E-state index in [0.29, 0.717) is 0 Å². The molecule has 0 aliphatic carbocycles. The molecule has 0 atom stereocenters. The quantitative estimate of drug-likeness (QED) is 0.180. The van der Waals surface area contributed by atoms with Crippen molar-refractivity contribution in [2.24, 2.45) is 0 Å². The lowest BCUT2D eigenvalue weighted by atomic mass is 10.0. The topological polar surface area (TPSA) is 34.9 Å². The summed E-state index contributed by atoms with van der Waals surface area (Å²) in [7, 11) is -3.10. The maximum absolute atomic E-state index is 15.1. The highest BCUT2D eigenvalue weighted by molar-refractivity contribution is 7.85. The first kappa shape index (κ1) is 27.5. The second kappa shape index (κ2) is 10.9. The summed E-state index contributed by atoms with van der Waals surface area (Å²) in [6, 6.07) is 60.1.